The third-order valence-electron chi connectivity index (χ3n) is 6.43. The molecule has 0 bridgehead atoms. The van der Waals surface area contributed by atoms with Crippen molar-refractivity contribution >= 4 is 89.5 Å². The smallest absolute Gasteiger partial charge is 0.336 e. The van der Waals surface area contributed by atoms with Crippen LogP contribution in [0, 0.1) is 0 Å². The Morgan fingerprint density at radius 2 is 0.261 bits per heavy atom. The molecule has 0 aromatic heterocycles. The van der Waals surface area contributed by atoms with Crippen LogP contribution in [-0.2, 0) is 128 Å². The molecule has 3 radical (unpaired) electrons. The summed E-state index contributed by atoms with van der Waals surface area (Å²) in [6.07, 6.45) is -11.4. The summed E-state index contributed by atoms with van der Waals surface area (Å²) in [7, 11) is 0. The van der Waals surface area contributed by atoms with Gasteiger partial charge < -0.3 is 108 Å². The summed E-state index contributed by atoms with van der Waals surface area (Å²) in [4.78, 5) is 152. The van der Waals surface area contributed by atoms with Crippen molar-refractivity contribution in [1.82, 2.24) is 0 Å². The normalized spacial score (nSPS) is 10.2. The van der Waals surface area contributed by atoms with E-state index in [0.717, 1.165) is 0 Å². The van der Waals surface area contributed by atoms with Crippen molar-refractivity contribution < 1.29 is 235 Å². The molecule has 0 saturated carbocycles. The van der Waals surface area contributed by atoms with Crippen molar-refractivity contribution in [3.63, 3.8) is 0 Å². The molecule has 36 nitrogen and oxygen atoms in total. The monoisotopic (exact) mass is 1130 g/mol. The second-order valence-electron chi connectivity index (χ2n) is 12.4. The standard InChI is InChI=1S/5C6H8O7.H2O.3V/c5*7-3(8)1-6(13,5(11)12)2-4(9)10;;;;/h5*13H,1-2H2,(H,7,8)(H,9,10)(H,11,12);1H2;;;. The number of aliphatic carboxylic acids is 15. The van der Waals surface area contributed by atoms with Crippen molar-refractivity contribution in [2.24, 2.45) is 0 Å². The second-order valence-corrected chi connectivity index (χ2v) is 12.4. The molecule has 0 aliphatic carbocycles. The number of carboxylic acid groups (broad SMARTS) is 15. The average Bonchev–Trinajstić information content (AvgIpc) is 3.01. The maximum absolute atomic E-state index is 10.3. The van der Waals surface area contributed by atoms with Crippen molar-refractivity contribution in [3.8, 4) is 0 Å². The predicted molar refractivity (Wildman–Crippen MR) is 189 cm³/mol. The zero-order valence-electron chi connectivity index (χ0n) is 34.0. The Morgan fingerprint density at radius 1 is 0.203 bits per heavy atom. The van der Waals surface area contributed by atoms with Gasteiger partial charge in [-0.2, -0.15) is 0 Å². The Hall–Kier alpha value is -6.44. The molecule has 0 aliphatic heterocycles. The number of carbonyl (C=O) groups is 15. The fourth-order valence-corrected chi connectivity index (χ4v) is 3.57. The maximum atomic E-state index is 10.3. The van der Waals surface area contributed by atoms with Crippen LogP contribution in [0.1, 0.15) is 64.2 Å². The van der Waals surface area contributed by atoms with Gasteiger partial charge in [-0.15, -0.1) is 0 Å². The van der Waals surface area contributed by atoms with Gasteiger partial charge in [0.25, 0.3) is 0 Å². The summed E-state index contributed by atoms with van der Waals surface area (Å²) in [5.74, 6) is -25.1. The number of aliphatic hydroxyl groups is 5. The van der Waals surface area contributed by atoms with Gasteiger partial charge in [-0.1, -0.05) is 0 Å². The molecule has 69 heavy (non-hydrogen) atoms. The Kier molecular flexibility index (Phi) is 43.8. The predicted octanol–water partition coefficient (Wildman–Crippen LogP) is -7.07. The van der Waals surface area contributed by atoms with Crippen molar-refractivity contribution in [1.29, 1.82) is 0 Å². The third kappa shape index (κ3) is 40.4. The van der Waals surface area contributed by atoms with E-state index in [-0.39, 0.29) is 61.1 Å². The minimum atomic E-state index is -2.74. The topological polar surface area (TPSA) is 692 Å². The van der Waals surface area contributed by atoms with Crippen LogP contribution in [0.3, 0.4) is 0 Å². The zero-order valence-corrected chi connectivity index (χ0v) is 38.2. The average molecular weight is 1130 g/mol. The van der Waals surface area contributed by atoms with Crippen LogP contribution in [0.2, 0.25) is 0 Å². The van der Waals surface area contributed by atoms with Gasteiger partial charge in [0, 0.05) is 55.7 Å². The van der Waals surface area contributed by atoms with Crippen LogP contribution in [0.5, 0.6) is 0 Å². The number of rotatable bonds is 25. The van der Waals surface area contributed by atoms with E-state index in [9.17, 15) is 71.9 Å². The van der Waals surface area contributed by atoms with E-state index in [2.05, 4.69) is 0 Å². The molecule has 0 saturated heterocycles. The molecule has 0 aromatic rings. The first-order valence-corrected chi connectivity index (χ1v) is 15.9. The first-order valence-electron chi connectivity index (χ1n) is 15.9. The first kappa shape index (κ1) is 82.6. The van der Waals surface area contributed by atoms with E-state index in [1.807, 2.05) is 0 Å². The molecule has 39 heteroatoms. The van der Waals surface area contributed by atoms with Crippen molar-refractivity contribution in [2.75, 3.05) is 0 Å². The molecule has 22 N–H and O–H groups in total. The number of hydrogen-bond acceptors (Lipinski definition) is 20. The summed E-state index contributed by atoms with van der Waals surface area (Å²) < 4.78 is 0. The SMILES string of the molecule is O.O=C(O)CC(O)(CC(=O)O)C(=O)O.O=C(O)CC(O)(CC(=O)O)C(=O)O.O=C(O)CC(O)(CC(=O)O)C(=O)O.O=C(O)CC(O)(CC(=O)O)C(=O)O.O=C(O)CC(O)(CC(=O)O)C(=O)O.[V].[V].[V]. The van der Waals surface area contributed by atoms with Crippen molar-refractivity contribution in [3.05, 3.63) is 0 Å². The van der Waals surface area contributed by atoms with Crippen LogP contribution in [-0.4, -0.2) is 225 Å². The summed E-state index contributed by atoms with van der Waals surface area (Å²) in [6.45, 7) is 0. The van der Waals surface area contributed by atoms with E-state index < -0.39 is 182 Å². The molecule has 0 spiro atoms. The fourth-order valence-electron chi connectivity index (χ4n) is 3.57. The van der Waals surface area contributed by atoms with Crippen LogP contribution in [0.4, 0.5) is 0 Å². The van der Waals surface area contributed by atoms with E-state index >= 15 is 0 Å². The van der Waals surface area contributed by atoms with Gasteiger partial charge in [0.15, 0.2) is 28.0 Å². The first-order chi connectivity index (χ1) is 28.9. The Morgan fingerprint density at radius 3 is 0.290 bits per heavy atom. The molecular formula is C30H42O36V3. The van der Waals surface area contributed by atoms with Gasteiger partial charge in [0.1, 0.15) is 0 Å². The van der Waals surface area contributed by atoms with Gasteiger partial charge in [-0.3, -0.25) is 47.9 Å². The summed E-state index contributed by atoms with van der Waals surface area (Å²) in [5.41, 5.74) is -13.7. The second kappa shape index (κ2) is 36.6. The largest absolute Gasteiger partial charge is 0.481 e. The molecule has 0 fully saturated rings. The van der Waals surface area contributed by atoms with Crippen LogP contribution < -0.4 is 0 Å². The molecule has 0 aliphatic rings. The van der Waals surface area contributed by atoms with Gasteiger partial charge >= 0.3 is 89.5 Å². The Balaban J connectivity index is -0.0000000918. The third-order valence-corrected chi connectivity index (χ3v) is 6.43. The number of hydrogen-bond donors (Lipinski definition) is 20. The number of carboxylic acids is 15. The molecule has 0 heterocycles. The van der Waals surface area contributed by atoms with E-state index in [1.165, 1.54) is 0 Å². The summed E-state index contributed by atoms with van der Waals surface area (Å²) >= 11 is 0. The van der Waals surface area contributed by atoms with Gasteiger partial charge in [0.05, 0.1) is 64.2 Å². The molecular weight excluding hydrogens is 1090 g/mol. The van der Waals surface area contributed by atoms with Crippen molar-refractivity contribution in [2.45, 2.75) is 92.2 Å². The van der Waals surface area contributed by atoms with Gasteiger partial charge in [0.2, 0.25) is 0 Å². The Labute approximate surface area is 415 Å². The van der Waals surface area contributed by atoms with Gasteiger partial charge in [-0.05, 0) is 0 Å². The molecule has 0 aromatic carbocycles. The zero-order chi connectivity index (χ0) is 53.2. The molecule has 0 amide bonds. The fraction of sp³-hybridized carbons (Fsp3) is 0.500. The molecule has 0 rings (SSSR count). The van der Waals surface area contributed by atoms with Crippen LogP contribution in [0.25, 0.3) is 0 Å². The summed E-state index contributed by atoms with van der Waals surface area (Å²) in [5, 5.41) is 169. The molecule has 0 unspecified atom stereocenters. The Bertz CT molecular complexity index is 1460. The van der Waals surface area contributed by atoms with Crippen LogP contribution in [0.15, 0.2) is 0 Å². The van der Waals surface area contributed by atoms with Gasteiger partial charge in [-0.25, -0.2) is 24.0 Å². The quantitative estimate of drug-likeness (QED) is 0.0404. The minimum Gasteiger partial charge on any atom is -0.481 e. The van der Waals surface area contributed by atoms with E-state index in [4.69, 9.17) is 102 Å². The summed E-state index contributed by atoms with van der Waals surface area (Å²) in [6, 6.07) is 0. The van der Waals surface area contributed by atoms with E-state index in [0.29, 0.717) is 0 Å². The molecule has 393 valence electrons. The minimum absolute atomic E-state index is 0. The maximum Gasteiger partial charge on any atom is 0.336 e. The van der Waals surface area contributed by atoms with Crippen LogP contribution >= 0.6 is 0 Å². The molecule has 0 atom stereocenters. The van der Waals surface area contributed by atoms with E-state index in [1.54, 1.807) is 0 Å².